The van der Waals surface area contributed by atoms with Gasteiger partial charge in [-0.3, -0.25) is 4.79 Å². The van der Waals surface area contributed by atoms with Crippen molar-refractivity contribution in [2.45, 2.75) is 37.0 Å². The largest absolute Gasteiger partial charge is 0.351 e. The van der Waals surface area contributed by atoms with E-state index < -0.39 is 10.0 Å². The highest BCUT2D eigenvalue weighted by Crippen LogP contribution is 2.47. The number of carbonyl (C=O) groups excluding carboxylic acids is 1. The average molecular weight is 372 g/mol. The Morgan fingerprint density at radius 1 is 1.12 bits per heavy atom. The van der Waals surface area contributed by atoms with Crippen molar-refractivity contribution in [2.24, 2.45) is 0 Å². The van der Waals surface area contributed by atoms with Crippen LogP contribution in [0.5, 0.6) is 0 Å². The number of hydrogen-bond donors (Lipinski definition) is 2. The molecule has 1 amide bonds. The van der Waals surface area contributed by atoms with E-state index in [-0.39, 0.29) is 16.2 Å². The lowest BCUT2D eigenvalue weighted by Gasteiger charge is -2.17. The SMILES string of the molecule is CNS(=O)(=O)c1cc(C(=O)NCC2(c3ccccc3)CC2)cc(C)c1C. The Labute approximate surface area is 154 Å². The summed E-state index contributed by atoms with van der Waals surface area (Å²) in [6.07, 6.45) is 2.09. The lowest BCUT2D eigenvalue weighted by Crippen LogP contribution is -2.32. The maximum absolute atomic E-state index is 12.7. The highest BCUT2D eigenvalue weighted by molar-refractivity contribution is 7.89. The van der Waals surface area contributed by atoms with E-state index in [1.54, 1.807) is 13.0 Å². The Kier molecular flexibility index (Phi) is 4.90. The quantitative estimate of drug-likeness (QED) is 0.819. The Morgan fingerprint density at radius 2 is 1.77 bits per heavy atom. The second-order valence-electron chi connectivity index (χ2n) is 6.95. The number of amides is 1. The van der Waals surface area contributed by atoms with Crippen molar-refractivity contribution < 1.29 is 13.2 Å². The lowest BCUT2D eigenvalue weighted by atomic mass is 9.96. The van der Waals surface area contributed by atoms with Crippen molar-refractivity contribution in [2.75, 3.05) is 13.6 Å². The van der Waals surface area contributed by atoms with Gasteiger partial charge in [-0.05, 0) is 62.6 Å². The predicted octanol–water partition coefficient (Wildman–Crippen LogP) is 2.67. The van der Waals surface area contributed by atoms with Gasteiger partial charge < -0.3 is 5.32 Å². The molecule has 138 valence electrons. The average Bonchev–Trinajstić information content (AvgIpc) is 3.43. The Hall–Kier alpha value is -2.18. The lowest BCUT2D eigenvalue weighted by molar-refractivity contribution is 0.0949. The summed E-state index contributed by atoms with van der Waals surface area (Å²) in [6.45, 7) is 4.11. The minimum atomic E-state index is -3.61. The predicted molar refractivity (Wildman–Crippen MR) is 102 cm³/mol. The molecular formula is C20H24N2O3S. The maximum Gasteiger partial charge on any atom is 0.251 e. The minimum Gasteiger partial charge on any atom is -0.351 e. The molecule has 2 N–H and O–H groups in total. The minimum absolute atomic E-state index is 0.0105. The molecule has 0 atom stereocenters. The molecule has 0 aliphatic heterocycles. The van der Waals surface area contributed by atoms with Gasteiger partial charge in [0.1, 0.15) is 0 Å². The topological polar surface area (TPSA) is 75.3 Å². The zero-order chi connectivity index (χ0) is 18.9. The molecule has 1 saturated carbocycles. The molecule has 0 heterocycles. The van der Waals surface area contributed by atoms with Crippen LogP contribution >= 0.6 is 0 Å². The standard InChI is InChI=1S/C20H24N2O3S/c1-14-11-16(12-18(15(14)2)26(24,25)21-3)19(23)22-13-20(9-10-20)17-7-5-4-6-8-17/h4-8,11-12,21H,9-10,13H2,1-3H3,(H,22,23). The summed E-state index contributed by atoms with van der Waals surface area (Å²) in [4.78, 5) is 12.8. The molecule has 2 aromatic carbocycles. The number of aryl methyl sites for hydroxylation is 1. The molecule has 1 aliphatic carbocycles. The fourth-order valence-electron chi connectivity index (χ4n) is 3.21. The first-order valence-corrected chi connectivity index (χ1v) is 10.2. The summed E-state index contributed by atoms with van der Waals surface area (Å²) in [6, 6.07) is 13.4. The molecule has 0 spiro atoms. The van der Waals surface area contributed by atoms with E-state index >= 15 is 0 Å². The maximum atomic E-state index is 12.7. The third-order valence-electron chi connectivity index (χ3n) is 5.27. The number of nitrogens with one attached hydrogen (secondary N) is 2. The van der Waals surface area contributed by atoms with Crippen LogP contribution in [0.25, 0.3) is 0 Å². The van der Waals surface area contributed by atoms with Crippen LogP contribution in [-0.2, 0) is 15.4 Å². The Balaban J connectivity index is 1.81. The van der Waals surface area contributed by atoms with Crippen molar-refractivity contribution in [3.8, 4) is 0 Å². The summed E-state index contributed by atoms with van der Waals surface area (Å²) in [5.74, 6) is -0.247. The molecule has 6 heteroatoms. The van der Waals surface area contributed by atoms with E-state index in [2.05, 4.69) is 22.2 Å². The molecule has 3 rings (SSSR count). The fourth-order valence-corrected chi connectivity index (χ4v) is 4.27. The van der Waals surface area contributed by atoms with Gasteiger partial charge in [0.25, 0.3) is 5.91 Å². The highest BCUT2D eigenvalue weighted by atomic mass is 32.2. The van der Waals surface area contributed by atoms with Crippen LogP contribution in [0.1, 0.15) is 39.9 Å². The summed E-state index contributed by atoms with van der Waals surface area (Å²) in [5, 5.41) is 2.99. The van der Waals surface area contributed by atoms with E-state index in [9.17, 15) is 13.2 Å². The van der Waals surface area contributed by atoms with Crippen molar-refractivity contribution in [3.05, 3.63) is 64.7 Å². The first-order chi connectivity index (χ1) is 12.3. The van der Waals surface area contributed by atoms with Gasteiger partial charge in [0, 0.05) is 17.5 Å². The number of hydrogen-bond acceptors (Lipinski definition) is 3. The monoisotopic (exact) mass is 372 g/mol. The van der Waals surface area contributed by atoms with Crippen molar-refractivity contribution in [3.63, 3.8) is 0 Å². The fraction of sp³-hybridized carbons (Fsp3) is 0.350. The molecule has 0 bridgehead atoms. The summed E-state index contributed by atoms with van der Waals surface area (Å²) in [7, 11) is -2.24. The van der Waals surface area contributed by atoms with Gasteiger partial charge >= 0.3 is 0 Å². The van der Waals surface area contributed by atoms with Gasteiger partial charge in [-0.15, -0.1) is 0 Å². The Bertz CT molecular complexity index is 933. The van der Waals surface area contributed by atoms with E-state index in [1.807, 2.05) is 25.1 Å². The molecule has 2 aromatic rings. The van der Waals surface area contributed by atoms with E-state index in [0.717, 1.165) is 18.4 Å². The molecule has 1 aliphatic rings. The molecule has 26 heavy (non-hydrogen) atoms. The van der Waals surface area contributed by atoms with Crippen LogP contribution < -0.4 is 10.0 Å². The molecule has 0 radical (unpaired) electrons. The molecule has 1 fully saturated rings. The zero-order valence-electron chi connectivity index (χ0n) is 15.3. The molecule has 0 aromatic heterocycles. The number of carbonyl (C=O) groups is 1. The zero-order valence-corrected chi connectivity index (χ0v) is 16.1. The van der Waals surface area contributed by atoms with Crippen molar-refractivity contribution in [1.82, 2.24) is 10.0 Å². The molecule has 0 saturated heterocycles. The third kappa shape index (κ3) is 3.52. The summed E-state index contributed by atoms with van der Waals surface area (Å²) < 4.78 is 26.8. The second-order valence-corrected chi connectivity index (χ2v) is 8.81. The number of rotatable bonds is 6. The molecule has 0 unspecified atom stereocenters. The van der Waals surface area contributed by atoms with Crippen LogP contribution in [0, 0.1) is 13.8 Å². The van der Waals surface area contributed by atoms with Gasteiger partial charge in [-0.1, -0.05) is 30.3 Å². The van der Waals surface area contributed by atoms with E-state index in [0.29, 0.717) is 17.7 Å². The third-order valence-corrected chi connectivity index (χ3v) is 6.81. The van der Waals surface area contributed by atoms with Crippen molar-refractivity contribution in [1.29, 1.82) is 0 Å². The van der Waals surface area contributed by atoms with Gasteiger partial charge in [0.15, 0.2) is 0 Å². The van der Waals surface area contributed by atoms with E-state index in [4.69, 9.17) is 0 Å². The Morgan fingerprint density at radius 3 is 2.35 bits per heavy atom. The second kappa shape index (κ2) is 6.85. The van der Waals surface area contributed by atoms with Crippen LogP contribution in [0.2, 0.25) is 0 Å². The van der Waals surface area contributed by atoms with Crippen LogP contribution in [0.4, 0.5) is 0 Å². The van der Waals surface area contributed by atoms with Crippen molar-refractivity contribution >= 4 is 15.9 Å². The van der Waals surface area contributed by atoms with Gasteiger partial charge in [-0.2, -0.15) is 0 Å². The first kappa shape index (κ1) is 18.6. The molecule has 5 nitrogen and oxygen atoms in total. The normalized spacial score (nSPS) is 15.5. The van der Waals surface area contributed by atoms with Gasteiger partial charge in [0.2, 0.25) is 10.0 Å². The van der Waals surface area contributed by atoms with Gasteiger partial charge in [0.05, 0.1) is 4.90 Å². The van der Waals surface area contributed by atoms with Crippen LogP contribution in [0.3, 0.4) is 0 Å². The van der Waals surface area contributed by atoms with E-state index in [1.165, 1.54) is 18.7 Å². The van der Waals surface area contributed by atoms with Crippen LogP contribution in [0.15, 0.2) is 47.4 Å². The highest BCUT2D eigenvalue weighted by Gasteiger charge is 2.44. The number of benzene rings is 2. The summed E-state index contributed by atoms with van der Waals surface area (Å²) in [5.41, 5.74) is 3.04. The smallest absolute Gasteiger partial charge is 0.251 e. The van der Waals surface area contributed by atoms with Crippen LogP contribution in [-0.4, -0.2) is 27.9 Å². The summed E-state index contributed by atoms with van der Waals surface area (Å²) >= 11 is 0. The molecular weight excluding hydrogens is 348 g/mol. The van der Waals surface area contributed by atoms with Gasteiger partial charge in [-0.25, -0.2) is 13.1 Å². The first-order valence-electron chi connectivity index (χ1n) is 8.68. The number of sulfonamides is 1.